The zero-order valence-electron chi connectivity index (χ0n) is 17.6. The number of nitrogens with one attached hydrogen (secondary N) is 2. The van der Waals surface area contributed by atoms with E-state index in [1.54, 1.807) is 12.1 Å². The molecule has 4 rings (SSSR count). The molecule has 1 aromatic heterocycles. The van der Waals surface area contributed by atoms with Crippen LogP contribution in [-0.4, -0.2) is 42.2 Å². The first-order valence-electron chi connectivity index (χ1n) is 10.3. The molecule has 0 aliphatic carbocycles. The van der Waals surface area contributed by atoms with E-state index in [4.69, 9.17) is 0 Å². The number of rotatable bonds is 4. The Labute approximate surface area is 180 Å². The number of phenols is 1. The zero-order chi connectivity index (χ0) is 22.0. The summed E-state index contributed by atoms with van der Waals surface area (Å²) < 4.78 is 14.4. The topological polar surface area (TPSA) is 77.5 Å². The number of hydrogen-bond donors (Lipinski definition) is 3. The number of piperazine rings is 1. The van der Waals surface area contributed by atoms with Crippen molar-refractivity contribution < 1.29 is 14.3 Å². The zero-order valence-corrected chi connectivity index (χ0v) is 17.6. The third-order valence-corrected chi connectivity index (χ3v) is 5.32. The van der Waals surface area contributed by atoms with Crippen molar-refractivity contribution in [3.63, 3.8) is 0 Å². The normalized spacial score (nSPS) is 13.8. The Morgan fingerprint density at radius 1 is 1.10 bits per heavy atom. The van der Waals surface area contributed by atoms with Crippen LogP contribution in [0.1, 0.15) is 12.6 Å². The molecule has 31 heavy (non-hydrogen) atoms. The number of benzene rings is 2. The number of aromatic nitrogens is 1. The summed E-state index contributed by atoms with van der Waals surface area (Å²) in [5, 5.41) is 16.8. The Bertz CT molecular complexity index is 1130. The average molecular weight is 420 g/mol. The third-order valence-electron chi connectivity index (χ3n) is 5.32. The van der Waals surface area contributed by atoms with E-state index in [9.17, 15) is 14.3 Å². The maximum atomic E-state index is 14.4. The van der Waals surface area contributed by atoms with E-state index in [1.807, 2.05) is 31.2 Å². The van der Waals surface area contributed by atoms with Crippen LogP contribution in [-0.2, 0) is 4.79 Å². The van der Waals surface area contributed by atoms with Crippen LogP contribution in [0.4, 0.5) is 15.9 Å². The minimum atomic E-state index is -0.557. The molecule has 6 nitrogen and oxygen atoms in total. The molecule has 2 aromatic carbocycles. The second-order valence-corrected chi connectivity index (χ2v) is 7.67. The predicted octanol–water partition coefficient (Wildman–Crippen LogP) is 3.94. The summed E-state index contributed by atoms with van der Waals surface area (Å²) >= 11 is 0. The van der Waals surface area contributed by atoms with Crippen LogP contribution in [0.15, 0.2) is 48.5 Å². The first-order valence-corrected chi connectivity index (χ1v) is 10.3. The molecule has 0 bridgehead atoms. The van der Waals surface area contributed by atoms with E-state index in [2.05, 4.69) is 20.5 Å². The molecular weight excluding hydrogens is 395 g/mol. The molecule has 0 atom stereocenters. The fraction of sp³-hybridized carbons (Fsp3) is 0.250. The molecule has 0 radical (unpaired) electrons. The summed E-state index contributed by atoms with van der Waals surface area (Å²) in [5.41, 5.74) is 3.53. The minimum Gasteiger partial charge on any atom is -0.507 e. The Morgan fingerprint density at radius 3 is 2.48 bits per heavy atom. The molecule has 1 amide bonds. The van der Waals surface area contributed by atoms with E-state index in [1.165, 1.54) is 19.1 Å². The van der Waals surface area contributed by atoms with E-state index in [-0.39, 0.29) is 17.3 Å². The van der Waals surface area contributed by atoms with Gasteiger partial charge in [0.15, 0.2) is 0 Å². The molecule has 0 unspecified atom stereocenters. The molecule has 1 aliphatic heterocycles. The van der Waals surface area contributed by atoms with Crippen molar-refractivity contribution >= 4 is 17.4 Å². The monoisotopic (exact) mass is 420 g/mol. The molecule has 3 aromatic rings. The van der Waals surface area contributed by atoms with Gasteiger partial charge >= 0.3 is 0 Å². The number of aryl methyl sites for hydroxylation is 1. The van der Waals surface area contributed by atoms with Crippen molar-refractivity contribution in [1.29, 1.82) is 0 Å². The summed E-state index contributed by atoms with van der Waals surface area (Å²) in [4.78, 5) is 18.1. The number of aromatic hydroxyl groups is 1. The van der Waals surface area contributed by atoms with Crippen LogP contribution >= 0.6 is 0 Å². The van der Waals surface area contributed by atoms with Gasteiger partial charge in [-0.3, -0.25) is 4.79 Å². The van der Waals surface area contributed by atoms with E-state index in [0.29, 0.717) is 16.7 Å². The van der Waals surface area contributed by atoms with Crippen LogP contribution in [0.5, 0.6) is 5.75 Å². The van der Waals surface area contributed by atoms with Gasteiger partial charge in [-0.1, -0.05) is 24.3 Å². The first kappa shape index (κ1) is 20.8. The second kappa shape index (κ2) is 8.73. The van der Waals surface area contributed by atoms with Crippen molar-refractivity contribution in [2.24, 2.45) is 0 Å². The molecule has 160 valence electrons. The Morgan fingerprint density at radius 2 is 1.81 bits per heavy atom. The van der Waals surface area contributed by atoms with Gasteiger partial charge in [-0.25, -0.2) is 9.37 Å². The Hall–Kier alpha value is -3.45. The van der Waals surface area contributed by atoms with Crippen molar-refractivity contribution in [3.05, 3.63) is 60.0 Å². The first-order chi connectivity index (χ1) is 14.9. The number of halogens is 1. The van der Waals surface area contributed by atoms with Gasteiger partial charge in [0.05, 0.1) is 5.69 Å². The van der Waals surface area contributed by atoms with Gasteiger partial charge in [-0.05, 0) is 42.3 Å². The highest BCUT2D eigenvalue weighted by atomic mass is 19.1. The van der Waals surface area contributed by atoms with Crippen LogP contribution in [0.2, 0.25) is 0 Å². The van der Waals surface area contributed by atoms with Crippen LogP contribution < -0.4 is 15.5 Å². The number of carbonyl (C=O) groups excluding carboxylic acids is 1. The SMILES string of the molecule is CC(=O)Nc1ccc(-c2cccc(-c3cc(C)nc(N4CCNCC4)c3)c2O)cc1F. The Balaban J connectivity index is 1.72. The molecule has 1 aliphatic rings. The average Bonchev–Trinajstić information content (AvgIpc) is 2.75. The molecule has 1 saturated heterocycles. The maximum Gasteiger partial charge on any atom is 0.221 e. The highest BCUT2D eigenvalue weighted by molar-refractivity contribution is 5.89. The number of nitrogens with zero attached hydrogens (tertiary/aromatic N) is 2. The van der Waals surface area contributed by atoms with Gasteiger partial charge in [0.25, 0.3) is 0 Å². The van der Waals surface area contributed by atoms with Crippen molar-refractivity contribution in [2.45, 2.75) is 13.8 Å². The smallest absolute Gasteiger partial charge is 0.221 e. The lowest BCUT2D eigenvalue weighted by Crippen LogP contribution is -2.43. The summed E-state index contributed by atoms with van der Waals surface area (Å²) in [7, 11) is 0. The molecule has 0 spiro atoms. The lowest BCUT2D eigenvalue weighted by Gasteiger charge is -2.29. The lowest BCUT2D eigenvalue weighted by molar-refractivity contribution is -0.114. The fourth-order valence-electron chi connectivity index (χ4n) is 3.85. The summed E-state index contributed by atoms with van der Waals surface area (Å²) in [6.45, 7) is 6.83. The van der Waals surface area contributed by atoms with Gasteiger partial charge in [0, 0.05) is 49.9 Å². The fourth-order valence-corrected chi connectivity index (χ4v) is 3.85. The van der Waals surface area contributed by atoms with Crippen molar-refractivity contribution in [2.75, 3.05) is 36.4 Å². The van der Waals surface area contributed by atoms with Gasteiger partial charge in [-0.15, -0.1) is 0 Å². The van der Waals surface area contributed by atoms with Crippen molar-refractivity contribution in [1.82, 2.24) is 10.3 Å². The Kier molecular flexibility index (Phi) is 5.86. The summed E-state index contributed by atoms with van der Waals surface area (Å²) in [6.07, 6.45) is 0. The number of phenolic OH excluding ortho intramolecular Hbond substituents is 1. The van der Waals surface area contributed by atoms with Crippen LogP contribution in [0.3, 0.4) is 0 Å². The van der Waals surface area contributed by atoms with E-state index < -0.39 is 5.82 Å². The molecule has 7 heteroatoms. The number of amides is 1. The van der Waals surface area contributed by atoms with Gasteiger partial charge in [0.1, 0.15) is 17.4 Å². The second-order valence-electron chi connectivity index (χ2n) is 7.67. The number of para-hydroxylation sites is 1. The lowest BCUT2D eigenvalue weighted by atomic mass is 9.97. The van der Waals surface area contributed by atoms with Crippen LogP contribution in [0.25, 0.3) is 22.3 Å². The molecule has 0 saturated carbocycles. The number of carbonyl (C=O) groups is 1. The molecule has 3 N–H and O–H groups in total. The summed E-state index contributed by atoms with van der Waals surface area (Å²) in [5.74, 6) is 0.0566. The largest absolute Gasteiger partial charge is 0.507 e. The minimum absolute atomic E-state index is 0.0750. The van der Waals surface area contributed by atoms with Gasteiger partial charge in [-0.2, -0.15) is 0 Å². The number of pyridine rings is 1. The molecular formula is C24H25FN4O2. The highest BCUT2D eigenvalue weighted by Crippen LogP contribution is 2.39. The van der Waals surface area contributed by atoms with Gasteiger partial charge < -0.3 is 20.6 Å². The quantitative estimate of drug-likeness (QED) is 0.596. The van der Waals surface area contributed by atoms with Crippen molar-refractivity contribution in [3.8, 4) is 28.0 Å². The highest BCUT2D eigenvalue weighted by Gasteiger charge is 2.17. The molecule has 2 heterocycles. The molecule has 1 fully saturated rings. The van der Waals surface area contributed by atoms with E-state index >= 15 is 0 Å². The van der Waals surface area contributed by atoms with Crippen LogP contribution in [0, 0.1) is 12.7 Å². The van der Waals surface area contributed by atoms with Gasteiger partial charge in [0.2, 0.25) is 5.91 Å². The number of anilines is 2. The third kappa shape index (κ3) is 4.51. The number of hydrogen-bond acceptors (Lipinski definition) is 5. The maximum absolute atomic E-state index is 14.4. The predicted molar refractivity (Wildman–Crippen MR) is 121 cm³/mol. The standard InChI is InChI=1S/C24H25FN4O2/c1-15-12-18(14-23(27-15)29-10-8-26-9-11-29)20-5-3-4-19(24(20)31)17-6-7-22(21(25)13-17)28-16(2)30/h3-7,12-14,26,31H,8-11H2,1-2H3,(H,28,30). The van der Waals surface area contributed by atoms with E-state index in [0.717, 1.165) is 43.3 Å². The summed E-state index contributed by atoms with van der Waals surface area (Å²) in [6, 6.07) is 13.8.